The monoisotopic (exact) mass is 364 g/mol. The molecule has 0 unspecified atom stereocenters. The van der Waals surface area contributed by atoms with Crippen molar-refractivity contribution in [2.75, 3.05) is 0 Å². The summed E-state index contributed by atoms with van der Waals surface area (Å²) in [6, 6.07) is 9.96. The van der Waals surface area contributed by atoms with Crippen molar-refractivity contribution >= 4 is 49.0 Å². The number of hydrogen-bond acceptors (Lipinski definition) is 2. The van der Waals surface area contributed by atoms with E-state index in [0.29, 0.717) is 11.1 Å². The molecule has 0 aromatic heterocycles. The number of hydrogen-bond donors (Lipinski definition) is 0. The maximum absolute atomic E-state index is 12.6. The summed E-state index contributed by atoms with van der Waals surface area (Å²) in [6.07, 6.45) is 4.57. The molecule has 0 N–H and O–H groups in total. The molecule has 5 rings (SSSR count). The fraction of sp³-hybridized carbons (Fsp3) is 0.200. The van der Waals surface area contributed by atoms with Crippen molar-refractivity contribution in [2.24, 2.45) is 0 Å². The zero-order chi connectivity index (χ0) is 15.7. The third-order valence-corrected chi connectivity index (χ3v) is 6.07. The van der Waals surface area contributed by atoms with Gasteiger partial charge in [0.05, 0.1) is 0 Å². The SMILES string of the molecule is O=C1C(=O)c2c3cc4c(cc3c(Br)c3cccc1c23)CCCC4. The third-order valence-electron chi connectivity index (χ3n) is 5.22. The van der Waals surface area contributed by atoms with Crippen LogP contribution in [0.1, 0.15) is 44.7 Å². The molecule has 2 aliphatic carbocycles. The minimum atomic E-state index is -0.372. The molecule has 0 amide bonds. The molecule has 0 radical (unpaired) electrons. The first-order chi connectivity index (χ1) is 11.2. The van der Waals surface area contributed by atoms with Crippen LogP contribution in [-0.2, 0) is 12.8 Å². The fourth-order valence-corrected chi connectivity index (χ4v) is 4.78. The van der Waals surface area contributed by atoms with Gasteiger partial charge in [0.1, 0.15) is 0 Å². The summed E-state index contributed by atoms with van der Waals surface area (Å²) < 4.78 is 0.990. The highest BCUT2D eigenvalue weighted by Gasteiger charge is 2.33. The van der Waals surface area contributed by atoms with Crippen LogP contribution >= 0.6 is 15.9 Å². The van der Waals surface area contributed by atoms with E-state index in [9.17, 15) is 9.59 Å². The van der Waals surface area contributed by atoms with E-state index in [4.69, 9.17) is 0 Å². The Labute approximate surface area is 141 Å². The maximum Gasteiger partial charge on any atom is 0.234 e. The molecule has 0 atom stereocenters. The number of aryl methyl sites for hydroxylation is 2. The lowest BCUT2D eigenvalue weighted by molar-refractivity contribution is 0.0826. The molecule has 112 valence electrons. The van der Waals surface area contributed by atoms with Crippen molar-refractivity contribution in [1.82, 2.24) is 0 Å². The second-order valence-corrected chi connectivity index (χ2v) is 7.24. The fourth-order valence-electron chi connectivity index (χ4n) is 4.12. The molecule has 0 aliphatic heterocycles. The third kappa shape index (κ3) is 1.63. The van der Waals surface area contributed by atoms with Crippen molar-refractivity contribution in [3.63, 3.8) is 0 Å². The van der Waals surface area contributed by atoms with Gasteiger partial charge in [0, 0.05) is 21.0 Å². The van der Waals surface area contributed by atoms with E-state index in [1.54, 1.807) is 6.07 Å². The topological polar surface area (TPSA) is 34.1 Å². The van der Waals surface area contributed by atoms with Crippen molar-refractivity contribution < 1.29 is 9.59 Å². The van der Waals surface area contributed by atoms with E-state index in [1.807, 2.05) is 12.1 Å². The summed E-state index contributed by atoms with van der Waals surface area (Å²) >= 11 is 3.72. The van der Waals surface area contributed by atoms with Crippen LogP contribution in [-0.4, -0.2) is 11.6 Å². The van der Waals surface area contributed by atoms with Crippen LogP contribution in [0.25, 0.3) is 21.5 Å². The van der Waals surface area contributed by atoms with Gasteiger partial charge >= 0.3 is 0 Å². The van der Waals surface area contributed by atoms with Crippen LogP contribution in [0.5, 0.6) is 0 Å². The summed E-state index contributed by atoms with van der Waals surface area (Å²) in [6.45, 7) is 0. The minimum Gasteiger partial charge on any atom is -0.285 e. The molecule has 3 aromatic carbocycles. The van der Waals surface area contributed by atoms with E-state index < -0.39 is 0 Å². The predicted octanol–water partition coefficient (Wildman–Crippen LogP) is 5.01. The Balaban J connectivity index is 2.04. The lowest BCUT2D eigenvalue weighted by Crippen LogP contribution is -2.08. The molecule has 3 aromatic rings. The molecular formula is C20H13BrO2. The van der Waals surface area contributed by atoms with Gasteiger partial charge in [-0.3, -0.25) is 9.59 Å². The number of fused-ring (bicyclic) bond motifs is 3. The Morgan fingerprint density at radius 1 is 0.826 bits per heavy atom. The Bertz CT molecular complexity index is 1060. The molecule has 0 saturated heterocycles. The summed E-state index contributed by atoms with van der Waals surface area (Å²) in [7, 11) is 0. The molecule has 0 heterocycles. The first-order valence-corrected chi connectivity index (χ1v) is 8.75. The van der Waals surface area contributed by atoms with Crippen LogP contribution in [0.15, 0.2) is 34.8 Å². The smallest absolute Gasteiger partial charge is 0.234 e. The number of carbonyl (C=O) groups is 2. The minimum absolute atomic E-state index is 0.357. The summed E-state index contributed by atoms with van der Waals surface area (Å²) in [5.74, 6) is -0.729. The van der Waals surface area contributed by atoms with Gasteiger partial charge in [-0.05, 0) is 75.0 Å². The number of halogens is 1. The number of rotatable bonds is 0. The van der Waals surface area contributed by atoms with Crippen LogP contribution in [0, 0.1) is 0 Å². The van der Waals surface area contributed by atoms with Crippen molar-refractivity contribution in [1.29, 1.82) is 0 Å². The van der Waals surface area contributed by atoms with E-state index in [0.717, 1.165) is 38.9 Å². The van der Waals surface area contributed by atoms with Gasteiger partial charge in [-0.1, -0.05) is 24.3 Å². The van der Waals surface area contributed by atoms with Gasteiger partial charge in [-0.15, -0.1) is 0 Å². The molecule has 0 spiro atoms. The highest BCUT2D eigenvalue weighted by atomic mass is 79.9. The van der Waals surface area contributed by atoms with Crippen LogP contribution in [0.3, 0.4) is 0 Å². The molecular weight excluding hydrogens is 352 g/mol. The standard InChI is InChI=1S/C20H13BrO2/c21-18-12-6-3-7-13-16(12)17(20(23)19(13)22)14-8-10-4-1-2-5-11(10)9-15(14)18/h3,6-9H,1-2,4-5H2. The Kier molecular flexibility index (Phi) is 2.64. The second kappa shape index (κ2) is 4.51. The molecule has 2 aliphatic rings. The van der Waals surface area contributed by atoms with Crippen molar-refractivity contribution in [2.45, 2.75) is 25.7 Å². The quantitative estimate of drug-likeness (QED) is 0.414. The Hall–Kier alpha value is -2.00. The molecule has 23 heavy (non-hydrogen) atoms. The normalized spacial score (nSPS) is 16.4. The summed E-state index contributed by atoms with van der Waals surface area (Å²) in [5.41, 5.74) is 3.86. The summed E-state index contributed by atoms with van der Waals surface area (Å²) in [5, 5.41) is 3.75. The van der Waals surface area contributed by atoms with E-state index >= 15 is 0 Å². The lowest BCUT2D eigenvalue weighted by atomic mass is 9.87. The molecule has 3 heteroatoms. The number of ketones is 2. The second-order valence-electron chi connectivity index (χ2n) is 6.45. The zero-order valence-electron chi connectivity index (χ0n) is 12.4. The van der Waals surface area contributed by atoms with Crippen molar-refractivity contribution in [3.8, 4) is 0 Å². The van der Waals surface area contributed by atoms with Gasteiger partial charge in [-0.2, -0.15) is 0 Å². The van der Waals surface area contributed by atoms with E-state index in [-0.39, 0.29) is 11.6 Å². The summed E-state index contributed by atoms with van der Waals surface area (Å²) in [4.78, 5) is 25.0. The van der Waals surface area contributed by atoms with Gasteiger partial charge in [-0.25, -0.2) is 0 Å². The number of benzene rings is 3. The first-order valence-electron chi connectivity index (χ1n) is 7.95. The molecule has 0 bridgehead atoms. The first kappa shape index (κ1) is 13.4. The van der Waals surface area contributed by atoms with E-state index in [1.165, 1.54) is 24.0 Å². The van der Waals surface area contributed by atoms with Crippen LogP contribution < -0.4 is 0 Å². The van der Waals surface area contributed by atoms with Crippen LogP contribution in [0.4, 0.5) is 0 Å². The van der Waals surface area contributed by atoms with Gasteiger partial charge < -0.3 is 0 Å². The number of carbonyl (C=O) groups excluding carboxylic acids is 2. The average molecular weight is 365 g/mol. The van der Waals surface area contributed by atoms with Gasteiger partial charge in [0.2, 0.25) is 11.6 Å². The molecule has 2 nitrogen and oxygen atoms in total. The largest absolute Gasteiger partial charge is 0.285 e. The predicted molar refractivity (Wildman–Crippen MR) is 94.5 cm³/mol. The lowest BCUT2D eigenvalue weighted by Gasteiger charge is -2.18. The van der Waals surface area contributed by atoms with Crippen molar-refractivity contribution in [3.05, 3.63) is 57.1 Å². The molecule has 0 saturated carbocycles. The van der Waals surface area contributed by atoms with Crippen LogP contribution in [0.2, 0.25) is 0 Å². The Morgan fingerprint density at radius 3 is 2.26 bits per heavy atom. The van der Waals surface area contributed by atoms with E-state index in [2.05, 4.69) is 28.1 Å². The highest BCUT2D eigenvalue weighted by Crippen LogP contribution is 2.43. The zero-order valence-corrected chi connectivity index (χ0v) is 14.0. The highest BCUT2D eigenvalue weighted by molar-refractivity contribution is 9.10. The maximum atomic E-state index is 12.6. The average Bonchev–Trinajstić information content (AvgIpc) is 2.84. The number of Topliss-reactive ketones (excluding diaryl/α,β-unsaturated/α-hetero) is 2. The Morgan fingerprint density at radius 2 is 1.52 bits per heavy atom. The van der Waals surface area contributed by atoms with Gasteiger partial charge in [0.15, 0.2) is 0 Å². The molecule has 0 fully saturated rings. The van der Waals surface area contributed by atoms with Gasteiger partial charge in [0.25, 0.3) is 0 Å².